The highest BCUT2D eigenvalue weighted by Crippen LogP contribution is 2.32. The summed E-state index contributed by atoms with van der Waals surface area (Å²) in [6.45, 7) is 11.2. The highest BCUT2D eigenvalue weighted by atomic mass is 32.1. The van der Waals surface area contributed by atoms with Crippen LogP contribution in [-0.2, 0) is 0 Å². The van der Waals surface area contributed by atoms with Gasteiger partial charge in [0.25, 0.3) is 5.91 Å². The highest BCUT2D eigenvalue weighted by Gasteiger charge is 2.25. The Labute approximate surface area is 169 Å². The Kier molecular flexibility index (Phi) is 6.36. The summed E-state index contributed by atoms with van der Waals surface area (Å²) in [5.74, 6) is 2.08. The molecular weight excluding hydrogens is 374 g/mol. The quantitative estimate of drug-likeness (QED) is 0.556. The van der Waals surface area contributed by atoms with Crippen molar-refractivity contribution in [3.8, 4) is 5.75 Å². The number of nitrogens with zero attached hydrogens (tertiary/aromatic N) is 3. The fourth-order valence-corrected chi connectivity index (χ4v) is 4.21. The van der Waals surface area contributed by atoms with Crippen molar-refractivity contribution in [3.63, 3.8) is 0 Å². The molecule has 2 aromatic heterocycles. The number of benzene rings is 1. The van der Waals surface area contributed by atoms with Crippen LogP contribution in [0.15, 0.2) is 28.7 Å². The number of hydrogen-bond donors (Lipinski definition) is 0. The van der Waals surface area contributed by atoms with Gasteiger partial charge in [-0.15, -0.1) is 0 Å². The normalized spacial score (nSPS) is 11.4. The Morgan fingerprint density at radius 3 is 2.54 bits per heavy atom. The maximum Gasteiger partial charge on any atom is 0.263 e. The van der Waals surface area contributed by atoms with Gasteiger partial charge in [0, 0.05) is 13.1 Å². The van der Waals surface area contributed by atoms with Gasteiger partial charge in [-0.1, -0.05) is 25.2 Å². The van der Waals surface area contributed by atoms with E-state index in [1.807, 2.05) is 32.0 Å². The maximum absolute atomic E-state index is 13.4. The molecule has 1 aromatic carbocycles. The second-order valence-corrected chi connectivity index (χ2v) is 7.65. The summed E-state index contributed by atoms with van der Waals surface area (Å²) in [6, 6.07) is 7.57. The number of thiazole rings is 1. The molecule has 1 amide bonds. The molecule has 0 aliphatic heterocycles. The Balaban J connectivity index is 1.97. The van der Waals surface area contributed by atoms with Crippen molar-refractivity contribution in [2.45, 2.75) is 27.7 Å². The van der Waals surface area contributed by atoms with Crippen LogP contribution in [0.2, 0.25) is 0 Å². The van der Waals surface area contributed by atoms with Crippen LogP contribution in [0.5, 0.6) is 5.75 Å². The van der Waals surface area contributed by atoms with E-state index in [0.29, 0.717) is 23.0 Å². The van der Waals surface area contributed by atoms with E-state index in [2.05, 4.69) is 18.7 Å². The SMILES string of the molecule is CCN(CC)CCN(C(=O)c1cc(C)oc1C)c1nc2ccc(OC)cc2s1. The number of fused-ring (bicyclic) bond motifs is 1. The number of furan rings is 1. The van der Waals surface area contributed by atoms with Crippen molar-refractivity contribution in [1.82, 2.24) is 9.88 Å². The van der Waals surface area contributed by atoms with Crippen LogP contribution in [0, 0.1) is 13.8 Å². The lowest BCUT2D eigenvalue weighted by atomic mass is 10.2. The molecule has 6 nitrogen and oxygen atoms in total. The largest absolute Gasteiger partial charge is 0.497 e. The molecule has 0 radical (unpaired) electrons. The van der Waals surface area contributed by atoms with Crippen LogP contribution in [0.25, 0.3) is 10.2 Å². The van der Waals surface area contributed by atoms with Gasteiger partial charge in [0.2, 0.25) is 0 Å². The fourth-order valence-electron chi connectivity index (χ4n) is 3.19. The smallest absolute Gasteiger partial charge is 0.263 e. The van der Waals surface area contributed by atoms with Crippen molar-refractivity contribution in [1.29, 1.82) is 0 Å². The third-order valence-corrected chi connectivity index (χ3v) is 5.91. The van der Waals surface area contributed by atoms with Crippen molar-refractivity contribution in [2.24, 2.45) is 0 Å². The maximum atomic E-state index is 13.4. The number of likely N-dealkylation sites (N-methyl/N-ethyl adjacent to an activating group) is 1. The molecule has 150 valence electrons. The van der Waals surface area contributed by atoms with E-state index in [0.717, 1.165) is 41.4 Å². The molecule has 0 spiro atoms. The van der Waals surface area contributed by atoms with E-state index in [1.54, 1.807) is 18.1 Å². The average Bonchev–Trinajstić information content (AvgIpc) is 3.26. The molecule has 0 fully saturated rings. The zero-order valence-corrected chi connectivity index (χ0v) is 17.9. The summed E-state index contributed by atoms with van der Waals surface area (Å²) >= 11 is 1.50. The molecule has 3 aromatic rings. The van der Waals surface area contributed by atoms with Crippen molar-refractivity contribution < 1.29 is 13.9 Å². The van der Waals surface area contributed by atoms with E-state index in [1.165, 1.54) is 11.3 Å². The van der Waals surface area contributed by atoms with Gasteiger partial charge in [-0.3, -0.25) is 9.69 Å². The molecule has 0 bridgehead atoms. The highest BCUT2D eigenvalue weighted by molar-refractivity contribution is 7.22. The third kappa shape index (κ3) is 4.20. The first-order valence-corrected chi connectivity index (χ1v) is 10.3. The predicted molar refractivity (Wildman–Crippen MR) is 114 cm³/mol. The number of aryl methyl sites for hydroxylation is 2. The van der Waals surface area contributed by atoms with Gasteiger partial charge in [-0.25, -0.2) is 4.98 Å². The van der Waals surface area contributed by atoms with Gasteiger partial charge in [0.1, 0.15) is 17.3 Å². The minimum absolute atomic E-state index is 0.0764. The minimum atomic E-state index is -0.0764. The lowest BCUT2D eigenvalue weighted by Crippen LogP contribution is -2.39. The lowest BCUT2D eigenvalue weighted by Gasteiger charge is -2.24. The first kappa shape index (κ1) is 20.4. The summed E-state index contributed by atoms with van der Waals surface area (Å²) in [4.78, 5) is 22.1. The number of ether oxygens (including phenoxy) is 1. The van der Waals surface area contributed by atoms with Gasteiger partial charge < -0.3 is 14.1 Å². The third-order valence-electron chi connectivity index (χ3n) is 4.87. The van der Waals surface area contributed by atoms with Gasteiger partial charge in [-0.05, 0) is 51.2 Å². The zero-order chi connectivity index (χ0) is 20.3. The molecular formula is C21H27N3O3S. The van der Waals surface area contributed by atoms with E-state index in [4.69, 9.17) is 14.1 Å². The van der Waals surface area contributed by atoms with Crippen LogP contribution in [0.3, 0.4) is 0 Å². The number of rotatable bonds is 8. The van der Waals surface area contributed by atoms with Gasteiger partial charge in [-0.2, -0.15) is 0 Å². The topological polar surface area (TPSA) is 58.8 Å². The molecule has 3 rings (SSSR count). The van der Waals surface area contributed by atoms with E-state index >= 15 is 0 Å². The molecule has 0 atom stereocenters. The number of aromatic nitrogens is 1. The van der Waals surface area contributed by atoms with Crippen LogP contribution in [0.4, 0.5) is 5.13 Å². The van der Waals surface area contributed by atoms with Crippen LogP contribution in [-0.4, -0.2) is 49.1 Å². The molecule has 2 heterocycles. The van der Waals surface area contributed by atoms with Crippen LogP contribution in [0.1, 0.15) is 35.7 Å². The van der Waals surface area contributed by atoms with Crippen LogP contribution >= 0.6 is 11.3 Å². The van der Waals surface area contributed by atoms with E-state index < -0.39 is 0 Å². The molecule has 0 aliphatic rings. The number of carbonyl (C=O) groups excluding carboxylic acids is 1. The van der Waals surface area contributed by atoms with Crippen molar-refractivity contribution >= 4 is 32.6 Å². The van der Waals surface area contributed by atoms with Crippen molar-refractivity contribution in [3.05, 3.63) is 41.3 Å². The molecule has 0 unspecified atom stereocenters. The minimum Gasteiger partial charge on any atom is -0.497 e. The fraction of sp³-hybridized carbons (Fsp3) is 0.429. The first-order valence-electron chi connectivity index (χ1n) is 9.52. The molecule has 0 N–H and O–H groups in total. The monoisotopic (exact) mass is 401 g/mol. The second kappa shape index (κ2) is 8.75. The Hall–Kier alpha value is -2.38. The van der Waals surface area contributed by atoms with E-state index in [-0.39, 0.29) is 5.91 Å². The Morgan fingerprint density at radius 1 is 1.18 bits per heavy atom. The number of anilines is 1. The van der Waals surface area contributed by atoms with Crippen molar-refractivity contribution in [2.75, 3.05) is 38.2 Å². The van der Waals surface area contributed by atoms with Crippen LogP contribution < -0.4 is 9.64 Å². The lowest BCUT2D eigenvalue weighted by molar-refractivity contribution is 0.0982. The number of carbonyl (C=O) groups is 1. The summed E-state index contributed by atoms with van der Waals surface area (Å²) in [7, 11) is 1.65. The predicted octanol–water partition coefficient (Wildman–Crippen LogP) is 4.50. The molecule has 28 heavy (non-hydrogen) atoms. The standard InChI is InChI=1S/C21H27N3O3S/c1-6-23(7-2)10-11-24(20(25)17-12-14(3)27-15(17)4)21-22-18-9-8-16(26-5)13-19(18)28-21/h8-9,12-13H,6-7,10-11H2,1-5H3. The summed E-state index contributed by atoms with van der Waals surface area (Å²) in [5, 5.41) is 0.693. The zero-order valence-electron chi connectivity index (χ0n) is 17.1. The summed E-state index contributed by atoms with van der Waals surface area (Å²) in [5.41, 5.74) is 1.45. The number of methoxy groups -OCH3 is 1. The summed E-state index contributed by atoms with van der Waals surface area (Å²) < 4.78 is 11.9. The second-order valence-electron chi connectivity index (χ2n) is 6.64. The number of amides is 1. The molecule has 7 heteroatoms. The van der Waals surface area contributed by atoms with Gasteiger partial charge in [0.15, 0.2) is 5.13 Å². The Bertz CT molecular complexity index is 959. The average molecular weight is 402 g/mol. The molecule has 0 saturated carbocycles. The Morgan fingerprint density at radius 2 is 1.93 bits per heavy atom. The summed E-state index contributed by atoms with van der Waals surface area (Å²) in [6.07, 6.45) is 0. The first-order chi connectivity index (χ1) is 13.5. The molecule has 0 saturated heterocycles. The van der Waals surface area contributed by atoms with Gasteiger partial charge in [0.05, 0.1) is 22.9 Å². The number of hydrogen-bond acceptors (Lipinski definition) is 6. The van der Waals surface area contributed by atoms with Gasteiger partial charge >= 0.3 is 0 Å². The van der Waals surface area contributed by atoms with E-state index in [9.17, 15) is 4.79 Å². The molecule has 0 aliphatic carbocycles.